The Balaban J connectivity index is 2.08. The Kier molecular flexibility index (Phi) is 3.15. The molecule has 0 atom stereocenters. The maximum absolute atomic E-state index is 6.01. The van der Waals surface area contributed by atoms with E-state index in [1.54, 1.807) is 10.6 Å². The van der Waals surface area contributed by atoms with Crippen LogP contribution in [0.1, 0.15) is 0 Å². The number of para-hydroxylation sites is 2. The highest BCUT2D eigenvalue weighted by molar-refractivity contribution is 6.29. The van der Waals surface area contributed by atoms with Crippen LogP contribution in [0.5, 0.6) is 0 Å². The Labute approximate surface area is 121 Å². The van der Waals surface area contributed by atoms with Gasteiger partial charge in [-0.25, -0.2) is 0 Å². The minimum Gasteiger partial charge on any atom is -0.376 e. The van der Waals surface area contributed by atoms with Crippen molar-refractivity contribution in [3.63, 3.8) is 0 Å². The predicted molar refractivity (Wildman–Crippen MR) is 79.8 cm³/mol. The molecule has 0 amide bonds. The molecule has 102 valence electrons. The highest BCUT2D eigenvalue weighted by atomic mass is 35.5. The van der Waals surface area contributed by atoms with E-state index in [2.05, 4.69) is 20.4 Å². The fraction of sp³-hybridized carbons (Fsp3) is 0.154. The zero-order chi connectivity index (χ0) is 14.1. The summed E-state index contributed by atoms with van der Waals surface area (Å²) in [5.41, 5.74) is 2.02. The first kappa shape index (κ1) is 12.7. The van der Waals surface area contributed by atoms with E-state index in [4.69, 9.17) is 11.6 Å². The zero-order valence-corrected chi connectivity index (χ0v) is 11.8. The molecule has 3 aromatic rings. The second-order valence-corrected chi connectivity index (χ2v) is 4.86. The molecule has 2 heterocycles. The van der Waals surface area contributed by atoms with Crippen LogP contribution in [0.4, 0.5) is 17.2 Å². The number of rotatable bonds is 3. The Bertz CT molecular complexity index is 751. The van der Waals surface area contributed by atoms with Crippen molar-refractivity contribution in [3.8, 4) is 0 Å². The number of aromatic nitrogens is 4. The van der Waals surface area contributed by atoms with Crippen LogP contribution in [0.25, 0.3) is 5.78 Å². The van der Waals surface area contributed by atoms with Crippen molar-refractivity contribution in [2.24, 2.45) is 0 Å². The molecule has 7 heteroatoms. The Hall–Kier alpha value is -2.34. The van der Waals surface area contributed by atoms with Crippen LogP contribution in [0.15, 0.2) is 36.7 Å². The van der Waals surface area contributed by atoms with Gasteiger partial charge in [-0.15, -0.1) is 0 Å². The maximum atomic E-state index is 6.01. The van der Waals surface area contributed by atoms with Gasteiger partial charge in [0, 0.05) is 20.2 Å². The lowest BCUT2D eigenvalue weighted by Gasteiger charge is -2.18. The molecule has 0 aliphatic heterocycles. The summed E-state index contributed by atoms with van der Waals surface area (Å²) in [6.07, 6.45) is 1.45. The molecule has 20 heavy (non-hydrogen) atoms. The van der Waals surface area contributed by atoms with E-state index in [9.17, 15) is 0 Å². The topological polar surface area (TPSA) is 58.3 Å². The molecule has 0 fully saturated rings. The molecular weight excluding hydrogens is 276 g/mol. The van der Waals surface area contributed by atoms with Gasteiger partial charge in [-0.1, -0.05) is 23.7 Å². The lowest BCUT2D eigenvalue weighted by Crippen LogP contribution is -2.11. The lowest BCUT2D eigenvalue weighted by molar-refractivity contribution is 0.947. The highest BCUT2D eigenvalue weighted by Crippen LogP contribution is 2.27. The van der Waals surface area contributed by atoms with E-state index < -0.39 is 0 Å². The van der Waals surface area contributed by atoms with Crippen molar-refractivity contribution in [3.05, 3.63) is 41.8 Å². The number of hydrogen-bond acceptors (Lipinski definition) is 5. The van der Waals surface area contributed by atoms with Gasteiger partial charge in [0.2, 0.25) is 0 Å². The maximum Gasteiger partial charge on any atom is 0.255 e. The molecule has 0 unspecified atom stereocenters. The lowest BCUT2D eigenvalue weighted by atomic mass is 10.2. The van der Waals surface area contributed by atoms with Crippen LogP contribution in [-0.4, -0.2) is 33.7 Å². The SMILES string of the molecule is CN(C)c1ccccc1Nc1cc(Cl)nc2ncnn12. The molecule has 0 saturated carbocycles. The van der Waals surface area contributed by atoms with Gasteiger partial charge in [0.05, 0.1) is 11.4 Å². The molecule has 2 aromatic heterocycles. The number of hydrogen-bond donors (Lipinski definition) is 1. The molecule has 0 aliphatic carbocycles. The summed E-state index contributed by atoms with van der Waals surface area (Å²) >= 11 is 6.01. The second kappa shape index (κ2) is 4.97. The van der Waals surface area contributed by atoms with Gasteiger partial charge in [0.25, 0.3) is 5.78 Å². The van der Waals surface area contributed by atoms with Gasteiger partial charge in [-0.2, -0.15) is 19.6 Å². The molecule has 0 radical (unpaired) electrons. The summed E-state index contributed by atoms with van der Waals surface area (Å²) < 4.78 is 1.61. The largest absolute Gasteiger partial charge is 0.376 e. The molecule has 6 nitrogen and oxygen atoms in total. The van der Waals surface area contributed by atoms with Crippen LogP contribution in [0.3, 0.4) is 0 Å². The molecule has 0 spiro atoms. The van der Waals surface area contributed by atoms with E-state index in [0.717, 1.165) is 11.4 Å². The van der Waals surface area contributed by atoms with Crippen LogP contribution in [0, 0.1) is 0 Å². The number of nitrogens with one attached hydrogen (secondary N) is 1. The summed E-state index contributed by atoms with van der Waals surface area (Å²) in [5.74, 6) is 1.18. The number of fused-ring (bicyclic) bond motifs is 1. The average molecular weight is 289 g/mol. The Morgan fingerprint density at radius 1 is 1.25 bits per heavy atom. The standard InChI is InChI=1S/C13H13ClN6/c1-19(2)10-6-4-3-5-9(10)17-12-7-11(14)18-13-15-8-16-20(12)13/h3-8,17H,1-2H3. The number of benzene rings is 1. The first-order valence-electron chi connectivity index (χ1n) is 6.05. The zero-order valence-electron chi connectivity index (χ0n) is 11.1. The van der Waals surface area contributed by atoms with E-state index in [1.807, 2.05) is 43.3 Å². The van der Waals surface area contributed by atoms with Crippen molar-refractivity contribution in [1.82, 2.24) is 19.6 Å². The van der Waals surface area contributed by atoms with E-state index in [1.165, 1.54) is 6.33 Å². The minimum atomic E-state index is 0.371. The quantitative estimate of drug-likeness (QED) is 0.751. The third-order valence-electron chi connectivity index (χ3n) is 2.87. The number of halogens is 1. The fourth-order valence-electron chi connectivity index (χ4n) is 1.98. The molecular formula is C13H13ClN6. The molecule has 1 N–H and O–H groups in total. The van der Waals surface area contributed by atoms with Crippen LogP contribution >= 0.6 is 11.6 Å². The van der Waals surface area contributed by atoms with Crippen molar-refractivity contribution < 1.29 is 0 Å². The monoisotopic (exact) mass is 288 g/mol. The molecule has 1 aromatic carbocycles. The van der Waals surface area contributed by atoms with E-state index in [-0.39, 0.29) is 0 Å². The summed E-state index contributed by atoms with van der Waals surface area (Å²) in [6, 6.07) is 9.70. The summed E-state index contributed by atoms with van der Waals surface area (Å²) in [7, 11) is 3.98. The number of anilines is 3. The summed E-state index contributed by atoms with van der Waals surface area (Å²) in [6.45, 7) is 0. The Morgan fingerprint density at radius 2 is 2.05 bits per heavy atom. The third-order valence-corrected chi connectivity index (χ3v) is 3.06. The third kappa shape index (κ3) is 2.25. The minimum absolute atomic E-state index is 0.371. The van der Waals surface area contributed by atoms with Gasteiger partial charge in [-0.3, -0.25) is 0 Å². The average Bonchev–Trinajstić information content (AvgIpc) is 2.87. The summed E-state index contributed by atoms with van der Waals surface area (Å²) in [5, 5.41) is 7.83. The second-order valence-electron chi connectivity index (χ2n) is 4.47. The first-order chi connectivity index (χ1) is 9.65. The van der Waals surface area contributed by atoms with E-state index in [0.29, 0.717) is 16.7 Å². The van der Waals surface area contributed by atoms with Crippen molar-refractivity contribution in [1.29, 1.82) is 0 Å². The summed E-state index contributed by atoms with van der Waals surface area (Å²) in [4.78, 5) is 10.2. The van der Waals surface area contributed by atoms with Crippen LogP contribution in [0.2, 0.25) is 5.15 Å². The van der Waals surface area contributed by atoms with Gasteiger partial charge in [-0.05, 0) is 12.1 Å². The van der Waals surface area contributed by atoms with Gasteiger partial charge in [0.15, 0.2) is 0 Å². The van der Waals surface area contributed by atoms with Gasteiger partial charge < -0.3 is 10.2 Å². The van der Waals surface area contributed by atoms with Gasteiger partial charge in [0.1, 0.15) is 17.3 Å². The Morgan fingerprint density at radius 3 is 2.85 bits per heavy atom. The molecule has 0 saturated heterocycles. The fourth-order valence-corrected chi connectivity index (χ4v) is 2.16. The van der Waals surface area contributed by atoms with Crippen molar-refractivity contribution in [2.75, 3.05) is 24.3 Å². The predicted octanol–water partition coefficient (Wildman–Crippen LogP) is 2.59. The van der Waals surface area contributed by atoms with Crippen molar-refractivity contribution >= 4 is 34.6 Å². The molecule has 0 aliphatic rings. The smallest absolute Gasteiger partial charge is 0.255 e. The van der Waals surface area contributed by atoms with E-state index >= 15 is 0 Å². The van der Waals surface area contributed by atoms with Gasteiger partial charge >= 0.3 is 0 Å². The number of nitrogens with zero attached hydrogens (tertiary/aromatic N) is 5. The first-order valence-corrected chi connectivity index (χ1v) is 6.42. The van der Waals surface area contributed by atoms with Crippen LogP contribution < -0.4 is 10.2 Å². The normalized spacial score (nSPS) is 10.8. The molecule has 0 bridgehead atoms. The highest BCUT2D eigenvalue weighted by Gasteiger charge is 2.09. The van der Waals surface area contributed by atoms with Crippen LogP contribution in [-0.2, 0) is 0 Å². The molecule has 3 rings (SSSR count). The van der Waals surface area contributed by atoms with Crippen molar-refractivity contribution in [2.45, 2.75) is 0 Å².